The van der Waals surface area contributed by atoms with Crippen LogP contribution in [-0.2, 0) is 6.42 Å². The van der Waals surface area contributed by atoms with E-state index >= 15 is 0 Å². The van der Waals surface area contributed by atoms with E-state index in [-0.39, 0.29) is 0 Å². The molecule has 0 aliphatic heterocycles. The van der Waals surface area contributed by atoms with Crippen molar-refractivity contribution in [1.29, 1.82) is 0 Å². The molecule has 0 saturated heterocycles. The Kier molecular flexibility index (Phi) is 2.64. The molecule has 0 amide bonds. The minimum atomic E-state index is 0.687. The van der Waals surface area contributed by atoms with E-state index in [0.29, 0.717) is 12.1 Å². The quantitative estimate of drug-likeness (QED) is 0.760. The molecule has 0 fully saturated rings. The van der Waals surface area contributed by atoms with Crippen LogP contribution in [0.2, 0.25) is 0 Å². The fraction of sp³-hybridized carbons (Fsp3) is 0.154. The summed E-state index contributed by atoms with van der Waals surface area (Å²) in [7, 11) is 1.66. The summed E-state index contributed by atoms with van der Waals surface area (Å²) in [6, 6.07) is 7.89. The largest absolute Gasteiger partial charge is 0.497 e. The van der Waals surface area contributed by atoms with Gasteiger partial charge in [0, 0.05) is 6.42 Å². The average molecular weight is 240 g/mol. The third-order valence-electron chi connectivity index (χ3n) is 2.75. The minimum absolute atomic E-state index is 0.687. The average Bonchev–Trinajstić information content (AvgIpc) is 2.87. The number of ether oxygens (including phenoxy) is 1. The number of aromatic amines is 1. The van der Waals surface area contributed by atoms with Crippen molar-refractivity contribution in [3.8, 4) is 5.75 Å². The van der Waals surface area contributed by atoms with E-state index in [4.69, 9.17) is 4.74 Å². The Morgan fingerprint density at radius 1 is 1.17 bits per heavy atom. The van der Waals surface area contributed by atoms with Gasteiger partial charge in [0.1, 0.15) is 17.1 Å². The maximum absolute atomic E-state index is 5.12. The molecule has 90 valence electrons. The summed E-state index contributed by atoms with van der Waals surface area (Å²) >= 11 is 0. The molecule has 1 N–H and O–H groups in total. The van der Waals surface area contributed by atoms with E-state index in [1.165, 1.54) is 0 Å². The maximum atomic E-state index is 5.12. The van der Waals surface area contributed by atoms with Crippen LogP contribution in [-0.4, -0.2) is 27.0 Å². The minimum Gasteiger partial charge on any atom is -0.497 e. The number of methoxy groups -OCH3 is 1. The Morgan fingerprint density at radius 2 is 2.00 bits per heavy atom. The summed E-state index contributed by atoms with van der Waals surface area (Å²) in [4.78, 5) is 15.8. The van der Waals surface area contributed by atoms with Gasteiger partial charge in [0.15, 0.2) is 5.65 Å². The monoisotopic (exact) mass is 240 g/mol. The van der Waals surface area contributed by atoms with Gasteiger partial charge in [-0.3, -0.25) is 0 Å². The molecule has 18 heavy (non-hydrogen) atoms. The van der Waals surface area contributed by atoms with Crippen LogP contribution >= 0.6 is 0 Å². The highest BCUT2D eigenvalue weighted by molar-refractivity contribution is 5.68. The number of benzene rings is 1. The van der Waals surface area contributed by atoms with Crippen LogP contribution in [0.5, 0.6) is 5.75 Å². The number of aromatic nitrogens is 4. The zero-order valence-electron chi connectivity index (χ0n) is 9.92. The molecule has 0 unspecified atom stereocenters. The molecule has 0 bridgehead atoms. The number of nitrogens with one attached hydrogen (secondary N) is 1. The Balaban J connectivity index is 1.85. The second kappa shape index (κ2) is 4.44. The van der Waals surface area contributed by atoms with Crippen molar-refractivity contribution in [2.45, 2.75) is 6.42 Å². The third-order valence-corrected chi connectivity index (χ3v) is 2.75. The van der Waals surface area contributed by atoms with Crippen molar-refractivity contribution in [2.24, 2.45) is 0 Å². The van der Waals surface area contributed by atoms with Gasteiger partial charge in [0.05, 0.1) is 19.6 Å². The molecule has 1 aromatic carbocycles. The third kappa shape index (κ3) is 2.02. The van der Waals surface area contributed by atoms with Gasteiger partial charge in [-0.15, -0.1) is 0 Å². The topological polar surface area (TPSA) is 63.7 Å². The van der Waals surface area contributed by atoms with E-state index in [1.807, 2.05) is 24.3 Å². The van der Waals surface area contributed by atoms with Crippen LogP contribution in [0.25, 0.3) is 11.2 Å². The lowest BCUT2D eigenvalue weighted by molar-refractivity contribution is 0.414. The zero-order chi connectivity index (χ0) is 12.4. The normalized spacial score (nSPS) is 10.7. The fourth-order valence-electron chi connectivity index (χ4n) is 1.78. The number of rotatable bonds is 3. The van der Waals surface area contributed by atoms with Gasteiger partial charge in [-0.2, -0.15) is 0 Å². The molecule has 5 heteroatoms. The van der Waals surface area contributed by atoms with Gasteiger partial charge in [-0.05, 0) is 17.7 Å². The van der Waals surface area contributed by atoms with E-state index in [0.717, 1.165) is 22.7 Å². The SMILES string of the molecule is COc1ccc(Cc2ncc3[nH]cnc3n2)cc1. The number of hydrogen-bond acceptors (Lipinski definition) is 4. The smallest absolute Gasteiger partial charge is 0.180 e. The highest BCUT2D eigenvalue weighted by atomic mass is 16.5. The van der Waals surface area contributed by atoms with E-state index in [9.17, 15) is 0 Å². The van der Waals surface area contributed by atoms with Gasteiger partial charge >= 0.3 is 0 Å². The number of imidazole rings is 1. The van der Waals surface area contributed by atoms with Crippen LogP contribution < -0.4 is 4.74 Å². The molecule has 2 aromatic heterocycles. The molecule has 0 saturated carbocycles. The van der Waals surface area contributed by atoms with Crippen LogP contribution in [0.15, 0.2) is 36.8 Å². The zero-order valence-corrected chi connectivity index (χ0v) is 9.92. The van der Waals surface area contributed by atoms with E-state index < -0.39 is 0 Å². The molecule has 5 nitrogen and oxygen atoms in total. The maximum Gasteiger partial charge on any atom is 0.180 e. The molecular formula is C13H12N4O. The molecule has 2 heterocycles. The summed E-state index contributed by atoms with van der Waals surface area (Å²) in [5, 5.41) is 0. The number of H-pyrrole nitrogens is 1. The predicted molar refractivity (Wildman–Crippen MR) is 67.5 cm³/mol. The van der Waals surface area contributed by atoms with Gasteiger partial charge in [0.2, 0.25) is 0 Å². The van der Waals surface area contributed by atoms with Gasteiger partial charge in [-0.25, -0.2) is 15.0 Å². The lowest BCUT2D eigenvalue weighted by Gasteiger charge is -2.02. The second-order valence-electron chi connectivity index (χ2n) is 3.95. The fourth-order valence-corrected chi connectivity index (χ4v) is 1.78. The van der Waals surface area contributed by atoms with Crippen molar-refractivity contribution in [2.75, 3.05) is 7.11 Å². The molecule has 0 atom stereocenters. The predicted octanol–water partition coefficient (Wildman–Crippen LogP) is 1.95. The molecule has 0 aliphatic rings. The molecule has 0 aliphatic carbocycles. The summed E-state index contributed by atoms with van der Waals surface area (Å²) in [5.41, 5.74) is 2.70. The molecule has 0 radical (unpaired) electrons. The van der Waals surface area contributed by atoms with Crippen molar-refractivity contribution < 1.29 is 4.74 Å². The van der Waals surface area contributed by atoms with Gasteiger partial charge < -0.3 is 9.72 Å². The Bertz CT molecular complexity index is 660. The summed E-state index contributed by atoms with van der Waals surface area (Å²) < 4.78 is 5.12. The first-order valence-corrected chi connectivity index (χ1v) is 5.63. The number of hydrogen-bond donors (Lipinski definition) is 1. The van der Waals surface area contributed by atoms with Crippen molar-refractivity contribution >= 4 is 11.2 Å². The first-order chi connectivity index (χ1) is 8.85. The first kappa shape index (κ1) is 10.7. The molecule has 3 aromatic rings. The van der Waals surface area contributed by atoms with Gasteiger partial charge in [-0.1, -0.05) is 12.1 Å². The van der Waals surface area contributed by atoms with Gasteiger partial charge in [0.25, 0.3) is 0 Å². The van der Waals surface area contributed by atoms with Crippen LogP contribution in [0.4, 0.5) is 0 Å². The van der Waals surface area contributed by atoms with Crippen molar-refractivity contribution in [3.63, 3.8) is 0 Å². The summed E-state index contributed by atoms with van der Waals surface area (Å²) in [6.07, 6.45) is 4.07. The van der Waals surface area contributed by atoms with E-state index in [1.54, 1.807) is 19.6 Å². The van der Waals surface area contributed by atoms with Crippen molar-refractivity contribution in [3.05, 3.63) is 48.2 Å². The standard InChI is InChI=1S/C13H12N4O/c1-18-10-4-2-9(3-5-10)6-12-14-7-11-13(17-12)16-8-15-11/h2-5,7-8H,6H2,1H3,(H,14,15,16,17). The first-order valence-electron chi connectivity index (χ1n) is 5.63. The Morgan fingerprint density at radius 3 is 2.78 bits per heavy atom. The highest BCUT2D eigenvalue weighted by Crippen LogP contribution is 2.14. The lowest BCUT2D eigenvalue weighted by Crippen LogP contribution is -1.96. The summed E-state index contributed by atoms with van der Waals surface area (Å²) in [5.74, 6) is 1.61. The number of fused-ring (bicyclic) bond motifs is 1. The highest BCUT2D eigenvalue weighted by Gasteiger charge is 2.03. The second-order valence-corrected chi connectivity index (χ2v) is 3.95. The van der Waals surface area contributed by atoms with Crippen LogP contribution in [0.1, 0.15) is 11.4 Å². The van der Waals surface area contributed by atoms with Crippen molar-refractivity contribution in [1.82, 2.24) is 19.9 Å². The van der Waals surface area contributed by atoms with E-state index in [2.05, 4.69) is 19.9 Å². The summed E-state index contributed by atoms with van der Waals surface area (Å²) in [6.45, 7) is 0. The lowest BCUT2D eigenvalue weighted by atomic mass is 10.1. The molecule has 0 spiro atoms. The van der Waals surface area contributed by atoms with Crippen LogP contribution in [0, 0.1) is 0 Å². The Labute approximate surface area is 104 Å². The number of nitrogens with zero attached hydrogens (tertiary/aromatic N) is 3. The molecular weight excluding hydrogens is 228 g/mol. The van der Waals surface area contributed by atoms with Crippen LogP contribution in [0.3, 0.4) is 0 Å². The Hall–Kier alpha value is -2.43. The molecule has 3 rings (SSSR count).